The number of hydrogen-bond donors (Lipinski definition) is 1. The molecule has 63 heavy (non-hydrogen) atoms. The van der Waals surface area contributed by atoms with Gasteiger partial charge in [-0.1, -0.05) is 179 Å². The first-order chi connectivity index (χ1) is 29.7. The Morgan fingerprint density at radius 2 is 1.14 bits per heavy atom. The summed E-state index contributed by atoms with van der Waals surface area (Å²) in [5, 5.41) is 18.8. The van der Waals surface area contributed by atoms with Crippen molar-refractivity contribution in [2.45, 2.75) is 112 Å². The van der Waals surface area contributed by atoms with Gasteiger partial charge in [0.1, 0.15) is 17.4 Å². The number of rotatable bonds is 7. The number of nitrogens with zero attached hydrogens (tertiary/aromatic N) is 4. The number of hydrogen-bond acceptors (Lipinski definition) is 3. The molecule has 9 rings (SSSR count). The molecular weight excluding hydrogens is 785 g/mol. The summed E-state index contributed by atoms with van der Waals surface area (Å²) >= 11 is 0. The summed E-state index contributed by atoms with van der Waals surface area (Å²) in [4.78, 5) is 11.4. The number of phenols is 1. The highest BCUT2D eigenvalue weighted by atomic mass is 28.3. The predicted octanol–water partition coefficient (Wildman–Crippen LogP) is 15.1. The third kappa shape index (κ3) is 7.17. The molecule has 0 unspecified atom stereocenters. The molecule has 6 heteroatoms. The average Bonchev–Trinajstić information content (AvgIpc) is 3.79. The van der Waals surface area contributed by atoms with Crippen LogP contribution in [0.2, 0.25) is 19.6 Å². The Morgan fingerprint density at radius 1 is 0.571 bits per heavy atom. The molecule has 0 aliphatic rings. The zero-order valence-electron chi connectivity index (χ0n) is 39.4. The van der Waals surface area contributed by atoms with Crippen molar-refractivity contribution in [2.24, 2.45) is 0 Å². The van der Waals surface area contributed by atoms with Gasteiger partial charge in [0.25, 0.3) is 0 Å². The van der Waals surface area contributed by atoms with E-state index in [1.54, 1.807) is 0 Å². The topological polar surface area (TPSA) is 55.9 Å². The maximum Gasteiger partial charge on any atom is 0.149 e. The van der Waals surface area contributed by atoms with Crippen LogP contribution in [0.1, 0.15) is 103 Å². The Bertz CT molecular complexity index is 3170. The van der Waals surface area contributed by atoms with Gasteiger partial charge in [0.05, 0.1) is 47.1 Å². The van der Waals surface area contributed by atoms with Gasteiger partial charge in [-0.15, -0.1) is 0 Å². The van der Waals surface area contributed by atoms with Crippen molar-refractivity contribution in [2.75, 3.05) is 0 Å². The van der Waals surface area contributed by atoms with E-state index >= 15 is 0 Å². The molecule has 1 N–H and O–H groups in total. The molecule has 0 radical (unpaired) electrons. The number of aromatic nitrogens is 4. The minimum absolute atomic E-state index is 0.181. The Balaban J connectivity index is 1.47. The summed E-state index contributed by atoms with van der Waals surface area (Å²) in [6.07, 6.45) is 0. The summed E-state index contributed by atoms with van der Waals surface area (Å²) in [5.41, 5.74) is 12.0. The molecule has 0 aliphatic heterocycles. The van der Waals surface area contributed by atoms with Crippen LogP contribution in [0.15, 0.2) is 121 Å². The minimum Gasteiger partial charge on any atom is -0.507 e. The summed E-state index contributed by atoms with van der Waals surface area (Å²) in [7, 11) is -1.73. The molecule has 0 spiro atoms. The van der Waals surface area contributed by atoms with Crippen LogP contribution < -0.4 is 5.19 Å². The number of benzene rings is 6. The fourth-order valence-corrected chi connectivity index (χ4v) is 10.6. The van der Waals surface area contributed by atoms with Crippen molar-refractivity contribution in [3.63, 3.8) is 0 Å². The van der Waals surface area contributed by atoms with E-state index in [0.29, 0.717) is 0 Å². The molecular formula is C57H62N4OSi. The SMILES string of the molecule is CC(C)c1cc([Si](C)(C)C)cc(C(C)C)c1-n1c(-c2cc(C(C)(C)C)cc(C(C)(C)C)c2O)nc2c(-c3cccc(-n4c5ccccc5c5ccccc54)n3)cc3ccccc3c21. The number of para-hydroxylation sites is 2. The molecule has 6 aromatic carbocycles. The molecule has 3 heterocycles. The molecule has 0 saturated carbocycles. The molecule has 0 saturated heterocycles. The lowest BCUT2D eigenvalue weighted by molar-refractivity contribution is 0.446. The number of imidazole rings is 1. The van der Waals surface area contributed by atoms with Crippen molar-refractivity contribution in [3.8, 4) is 39.9 Å². The first kappa shape index (κ1) is 42.3. The lowest BCUT2D eigenvalue weighted by Crippen LogP contribution is -2.38. The van der Waals surface area contributed by atoms with Crippen LogP contribution in [-0.4, -0.2) is 32.3 Å². The van der Waals surface area contributed by atoms with E-state index in [9.17, 15) is 5.11 Å². The molecule has 0 atom stereocenters. The van der Waals surface area contributed by atoms with Gasteiger partial charge in [0.15, 0.2) is 0 Å². The smallest absolute Gasteiger partial charge is 0.149 e. The minimum atomic E-state index is -1.73. The van der Waals surface area contributed by atoms with E-state index in [-0.39, 0.29) is 28.4 Å². The molecule has 3 aromatic heterocycles. The number of fused-ring (bicyclic) bond motifs is 6. The maximum atomic E-state index is 12.7. The van der Waals surface area contributed by atoms with E-state index < -0.39 is 8.07 Å². The van der Waals surface area contributed by atoms with Gasteiger partial charge in [-0.2, -0.15) is 0 Å². The van der Waals surface area contributed by atoms with Crippen LogP contribution in [0.4, 0.5) is 0 Å². The predicted molar refractivity (Wildman–Crippen MR) is 272 cm³/mol. The van der Waals surface area contributed by atoms with Crippen LogP contribution in [0.5, 0.6) is 5.75 Å². The summed E-state index contributed by atoms with van der Waals surface area (Å²) in [6, 6.07) is 43.9. The van der Waals surface area contributed by atoms with Crippen LogP contribution >= 0.6 is 0 Å². The van der Waals surface area contributed by atoms with Crippen LogP contribution in [0.25, 0.3) is 77.8 Å². The molecule has 0 aliphatic carbocycles. The Labute approximate surface area is 374 Å². The molecule has 0 fully saturated rings. The van der Waals surface area contributed by atoms with Gasteiger partial charge in [-0.05, 0) is 81.1 Å². The summed E-state index contributed by atoms with van der Waals surface area (Å²) in [5.74, 6) is 2.30. The standard InChI is InChI=1S/C57H62N4OSi/c1-34(2)42-32-38(63(11,12)13)33-43(35(3)4)52(42)61-53-39-22-15-14-21-36(39)29-44(51(53)59-55(61)45-30-37(56(5,6)7)31-46(54(45)62)57(8,9)10)47-25-20-28-50(58-47)60-48-26-18-16-23-40(48)41-24-17-19-27-49(41)60/h14-35,62H,1-13H3. The zero-order valence-corrected chi connectivity index (χ0v) is 40.4. The van der Waals surface area contributed by atoms with E-state index in [2.05, 4.69) is 219 Å². The second-order valence-corrected chi connectivity index (χ2v) is 26.4. The van der Waals surface area contributed by atoms with Crippen LogP contribution in [-0.2, 0) is 10.8 Å². The lowest BCUT2D eigenvalue weighted by Gasteiger charge is -2.29. The van der Waals surface area contributed by atoms with Gasteiger partial charge in [-0.3, -0.25) is 9.13 Å². The Hall–Kier alpha value is -5.98. The normalized spacial score (nSPS) is 12.9. The lowest BCUT2D eigenvalue weighted by atomic mass is 9.79. The highest BCUT2D eigenvalue weighted by Gasteiger charge is 2.32. The van der Waals surface area contributed by atoms with Crippen molar-refractivity contribution in [3.05, 3.63) is 144 Å². The highest BCUT2D eigenvalue weighted by Crippen LogP contribution is 2.47. The molecule has 5 nitrogen and oxygen atoms in total. The van der Waals surface area contributed by atoms with E-state index in [1.165, 1.54) is 27.1 Å². The fourth-order valence-electron chi connectivity index (χ4n) is 9.44. The molecule has 0 bridgehead atoms. The third-order valence-corrected chi connectivity index (χ3v) is 15.0. The number of phenolic OH excluding ortho intramolecular Hbond substituents is 1. The van der Waals surface area contributed by atoms with Gasteiger partial charge in [0, 0.05) is 27.3 Å². The largest absolute Gasteiger partial charge is 0.507 e. The second kappa shape index (κ2) is 15.1. The zero-order chi connectivity index (χ0) is 44.9. The number of aromatic hydroxyl groups is 1. The Morgan fingerprint density at radius 3 is 1.70 bits per heavy atom. The van der Waals surface area contributed by atoms with Gasteiger partial charge in [-0.25, -0.2) is 9.97 Å². The summed E-state index contributed by atoms with van der Waals surface area (Å²) < 4.78 is 4.72. The number of pyridine rings is 1. The van der Waals surface area contributed by atoms with Crippen molar-refractivity contribution in [1.29, 1.82) is 0 Å². The van der Waals surface area contributed by atoms with E-state index in [1.807, 2.05) is 0 Å². The average molecular weight is 847 g/mol. The summed E-state index contributed by atoms with van der Waals surface area (Å²) in [6.45, 7) is 29.9. The van der Waals surface area contributed by atoms with Gasteiger partial charge < -0.3 is 5.11 Å². The monoisotopic (exact) mass is 846 g/mol. The maximum absolute atomic E-state index is 12.7. The quantitative estimate of drug-likeness (QED) is 0.163. The van der Waals surface area contributed by atoms with E-state index in [4.69, 9.17) is 9.97 Å². The first-order valence-electron chi connectivity index (χ1n) is 22.7. The Kier molecular flexibility index (Phi) is 10.1. The van der Waals surface area contributed by atoms with Crippen molar-refractivity contribution >= 4 is 56.9 Å². The second-order valence-electron chi connectivity index (χ2n) is 21.3. The van der Waals surface area contributed by atoms with E-state index in [0.717, 1.165) is 78.1 Å². The van der Waals surface area contributed by atoms with Crippen LogP contribution in [0.3, 0.4) is 0 Å². The molecule has 0 amide bonds. The molecule has 9 aromatic rings. The highest BCUT2D eigenvalue weighted by molar-refractivity contribution is 6.88. The van der Waals surface area contributed by atoms with Gasteiger partial charge >= 0.3 is 0 Å². The third-order valence-electron chi connectivity index (χ3n) is 13.0. The van der Waals surface area contributed by atoms with Crippen molar-refractivity contribution < 1.29 is 5.11 Å². The van der Waals surface area contributed by atoms with Crippen molar-refractivity contribution in [1.82, 2.24) is 19.1 Å². The molecule has 320 valence electrons. The van der Waals surface area contributed by atoms with Gasteiger partial charge in [0.2, 0.25) is 0 Å². The fraction of sp³-hybridized carbons (Fsp3) is 0.298. The van der Waals surface area contributed by atoms with Crippen LogP contribution in [0, 0.1) is 0 Å². The first-order valence-corrected chi connectivity index (χ1v) is 26.2.